The van der Waals surface area contributed by atoms with E-state index >= 15 is 0 Å². The van der Waals surface area contributed by atoms with E-state index in [0.717, 1.165) is 18.4 Å². The Labute approximate surface area is 129 Å². The number of benzene rings is 1. The highest BCUT2D eigenvalue weighted by molar-refractivity contribution is 9.10. The minimum absolute atomic E-state index is 0.0226. The molecular formula is C14H21BrN2O2S. The van der Waals surface area contributed by atoms with E-state index in [-0.39, 0.29) is 12.0 Å². The molecule has 0 aliphatic carbocycles. The van der Waals surface area contributed by atoms with Gasteiger partial charge in [0.2, 0.25) is 10.0 Å². The predicted molar refractivity (Wildman–Crippen MR) is 84.0 cm³/mol. The lowest BCUT2D eigenvalue weighted by atomic mass is 9.93. The average molecular weight is 361 g/mol. The SMILES string of the molecule is Cc1ccc(S(=O)(=O)N2CCCC(C(C)N)C2)c(Br)c1. The van der Waals surface area contributed by atoms with Gasteiger partial charge in [-0.15, -0.1) is 0 Å². The van der Waals surface area contributed by atoms with Crippen molar-refractivity contribution in [1.29, 1.82) is 0 Å². The van der Waals surface area contributed by atoms with Crippen molar-refractivity contribution in [3.05, 3.63) is 28.2 Å². The number of hydrogen-bond donors (Lipinski definition) is 1. The molecule has 1 aromatic rings. The Morgan fingerprint density at radius 3 is 2.75 bits per heavy atom. The summed E-state index contributed by atoms with van der Waals surface area (Å²) in [7, 11) is -3.44. The van der Waals surface area contributed by atoms with Gasteiger partial charge >= 0.3 is 0 Å². The largest absolute Gasteiger partial charge is 0.328 e. The first-order valence-electron chi connectivity index (χ1n) is 6.84. The number of rotatable bonds is 3. The van der Waals surface area contributed by atoms with E-state index in [1.54, 1.807) is 10.4 Å². The lowest BCUT2D eigenvalue weighted by Gasteiger charge is -2.34. The van der Waals surface area contributed by atoms with Gasteiger partial charge in [0.1, 0.15) is 0 Å². The normalized spacial score (nSPS) is 22.7. The molecule has 0 radical (unpaired) electrons. The van der Waals surface area contributed by atoms with E-state index in [2.05, 4.69) is 15.9 Å². The Morgan fingerprint density at radius 2 is 2.15 bits per heavy atom. The van der Waals surface area contributed by atoms with Crippen LogP contribution in [0.1, 0.15) is 25.3 Å². The molecule has 0 saturated carbocycles. The van der Waals surface area contributed by atoms with E-state index in [1.807, 2.05) is 26.0 Å². The summed E-state index contributed by atoms with van der Waals surface area (Å²) in [5, 5.41) is 0. The molecule has 1 fully saturated rings. The van der Waals surface area contributed by atoms with Crippen LogP contribution in [0.2, 0.25) is 0 Å². The van der Waals surface area contributed by atoms with Crippen molar-refractivity contribution in [1.82, 2.24) is 4.31 Å². The maximum absolute atomic E-state index is 12.7. The third-order valence-electron chi connectivity index (χ3n) is 3.87. The van der Waals surface area contributed by atoms with Crippen molar-refractivity contribution < 1.29 is 8.42 Å². The van der Waals surface area contributed by atoms with E-state index < -0.39 is 10.0 Å². The van der Waals surface area contributed by atoms with E-state index in [1.165, 1.54) is 0 Å². The topological polar surface area (TPSA) is 63.4 Å². The third-order valence-corrected chi connectivity index (χ3v) is 6.71. The van der Waals surface area contributed by atoms with Crippen LogP contribution in [-0.4, -0.2) is 31.9 Å². The first-order chi connectivity index (χ1) is 9.32. The van der Waals surface area contributed by atoms with Gasteiger partial charge in [0.25, 0.3) is 0 Å². The monoisotopic (exact) mass is 360 g/mol. The van der Waals surface area contributed by atoms with E-state index in [0.29, 0.717) is 22.5 Å². The molecule has 2 atom stereocenters. The molecule has 0 bridgehead atoms. The minimum Gasteiger partial charge on any atom is -0.328 e. The Morgan fingerprint density at radius 1 is 1.45 bits per heavy atom. The Kier molecular flexibility index (Phi) is 4.89. The fraction of sp³-hybridized carbons (Fsp3) is 0.571. The van der Waals surface area contributed by atoms with Crippen LogP contribution in [0, 0.1) is 12.8 Å². The number of nitrogens with two attached hydrogens (primary N) is 1. The zero-order chi connectivity index (χ0) is 14.9. The predicted octanol–water partition coefficient (Wildman–Crippen LogP) is 2.51. The summed E-state index contributed by atoms with van der Waals surface area (Å²) in [6.45, 7) is 4.98. The molecule has 0 aromatic heterocycles. The Bertz CT molecular complexity index is 587. The van der Waals surface area contributed by atoms with Crippen molar-refractivity contribution in [2.75, 3.05) is 13.1 Å². The zero-order valence-corrected chi connectivity index (χ0v) is 14.2. The van der Waals surface area contributed by atoms with Gasteiger partial charge in [-0.25, -0.2) is 8.42 Å². The molecule has 2 rings (SSSR count). The van der Waals surface area contributed by atoms with Crippen molar-refractivity contribution in [3.63, 3.8) is 0 Å². The van der Waals surface area contributed by atoms with Gasteiger partial charge in [0.05, 0.1) is 4.90 Å². The molecule has 2 unspecified atom stereocenters. The van der Waals surface area contributed by atoms with Crippen LogP contribution in [0.5, 0.6) is 0 Å². The van der Waals surface area contributed by atoms with Gasteiger partial charge in [0, 0.05) is 23.6 Å². The lowest BCUT2D eigenvalue weighted by Crippen LogP contribution is -2.45. The van der Waals surface area contributed by atoms with Gasteiger partial charge in [-0.3, -0.25) is 0 Å². The number of nitrogens with zero attached hydrogens (tertiary/aromatic N) is 1. The molecule has 20 heavy (non-hydrogen) atoms. The summed E-state index contributed by atoms with van der Waals surface area (Å²) in [5.41, 5.74) is 6.96. The fourth-order valence-corrected chi connectivity index (χ4v) is 5.26. The molecule has 6 heteroatoms. The van der Waals surface area contributed by atoms with Crippen molar-refractivity contribution >= 4 is 26.0 Å². The third kappa shape index (κ3) is 3.24. The van der Waals surface area contributed by atoms with Crippen LogP contribution in [0.4, 0.5) is 0 Å². The fourth-order valence-electron chi connectivity index (χ4n) is 2.58. The Hall–Kier alpha value is -0.430. The van der Waals surface area contributed by atoms with Gasteiger partial charge < -0.3 is 5.73 Å². The molecule has 1 aliphatic heterocycles. The molecule has 2 N–H and O–H groups in total. The molecule has 1 aromatic carbocycles. The first-order valence-corrected chi connectivity index (χ1v) is 9.07. The lowest BCUT2D eigenvalue weighted by molar-refractivity contribution is 0.243. The molecule has 1 heterocycles. The molecule has 4 nitrogen and oxygen atoms in total. The molecule has 1 aliphatic rings. The molecule has 0 spiro atoms. The van der Waals surface area contributed by atoms with E-state index in [4.69, 9.17) is 5.73 Å². The number of halogens is 1. The number of piperidine rings is 1. The molecular weight excluding hydrogens is 340 g/mol. The average Bonchev–Trinajstić information content (AvgIpc) is 2.38. The highest BCUT2D eigenvalue weighted by Crippen LogP contribution is 2.29. The smallest absolute Gasteiger partial charge is 0.244 e. The van der Waals surface area contributed by atoms with Crippen LogP contribution >= 0.6 is 15.9 Å². The summed E-state index contributed by atoms with van der Waals surface area (Å²) in [6.07, 6.45) is 1.87. The highest BCUT2D eigenvalue weighted by Gasteiger charge is 2.32. The van der Waals surface area contributed by atoms with Crippen LogP contribution < -0.4 is 5.73 Å². The summed E-state index contributed by atoms with van der Waals surface area (Å²) >= 11 is 3.36. The van der Waals surface area contributed by atoms with Crippen molar-refractivity contribution in [2.45, 2.75) is 37.6 Å². The molecule has 1 saturated heterocycles. The van der Waals surface area contributed by atoms with Crippen molar-refractivity contribution in [2.24, 2.45) is 11.7 Å². The van der Waals surface area contributed by atoms with Crippen LogP contribution in [0.3, 0.4) is 0 Å². The first kappa shape index (κ1) is 15.9. The van der Waals surface area contributed by atoms with Crippen LogP contribution in [-0.2, 0) is 10.0 Å². The standard InChI is InChI=1S/C14H21BrN2O2S/c1-10-5-6-14(13(15)8-10)20(18,19)17-7-3-4-12(9-17)11(2)16/h5-6,8,11-12H,3-4,7,9,16H2,1-2H3. The molecule has 0 amide bonds. The van der Waals surface area contributed by atoms with Gasteiger partial charge in [-0.2, -0.15) is 4.31 Å². The van der Waals surface area contributed by atoms with E-state index in [9.17, 15) is 8.42 Å². The second kappa shape index (κ2) is 6.13. The van der Waals surface area contributed by atoms with Gasteiger partial charge in [0.15, 0.2) is 0 Å². The van der Waals surface area contributed by atoms with Gasteiger partial charge in [-0.05, 0) is 66.2 Å². The quantitative estimate of drug-likeness (QED) is 0.900. The van der Waals surface area contributed by atoms with Crippen LogP contribution in [0.25, 0.3) is 0 Å². The summed E-state index contributed by atoms with van der Waals surface area (Å²) < 4.78 is 27.7. The van der Waals surface area contributed by atoms with Crippen molar-refractivity contribution in [3.8, 4) is 0 Å². The molecule has 112 valence electrons. The summed E-state index contributed by atoms with van der Waals surface area (Å²) in [5.74, 6) is 0.239. The van der Waals surface area contributed by atoms with Gasteiger partial charge in [-0.1, -0.05) is 6.07 Å². The zero-order valence-electron chi connectivity index (χ0n) is 11.8. The maximum atomic E-state index is 12.7. The second-order valence-corrected chi connectivity index (χ2v) is 8.32. The number of hydrogen-bond acceptors (Lipinski definition) is 3. The summed E-state index contributed by atoms with van der Waals surface area (Å²) in [4.78, 5) is 0.341. The Balaban J connectivity index is 2.30. The minimum atomic E-state index is -3.44. The number of sulfonamides is 1. The maximum Gasteiger partial charge on any atom is 0.244 e. The highest BCUT2D eigenvalue weighted by atomic mass is 79.9. The number of aryl methyl sites for hydroxylation is 1. The second-order valence-electron chi connectivity index (χ2n) is 5.56. The van der Waals surface area contributed by atoms with Crippen LogP contribution in [0.15, 0.2) is 27.6 Å². The summed E-state index contributed by atoms with van der Waals surface area (Å²) in [6, 6.07) is 5.35.